The second kappa shape index (κ2) is 9.07. The van der Waals surface area contributed by atoms with Gasteiger partial charge in [0.15, 0.2) is 0 Å². The van der Waals surface area contributed by atoms with Gasteiger partial charge in [-0.25, -0.2) is 0 Å². The van der Waals surface area contributed by atoms with E-state index in [4.69, 9.17) is 4.74 Å². The number of unbranched alkanes of at least 4 members (excludes halogenated alkanes) is 1. The van der Waals surface area contributed by atoms with Crippen molar-refractivity contribution in [2.45, 2.75) is 63.5 Å². The molecule has 27 heavy (non-hydrogen) atoms. The molecule has 5 heteroatoms. The molecule has 1 aliphatic carbocycles. The van der Waals surface area contributed by atoms with Crippen molar-refractivity contribution in [3.63, 3.8) is 0 Å². The van der Waals surface area contributed by atoms with E-state index in [-0.39, 0.29) is 17.9 Å². The van der Waals surface area contributed by atoms with E-state index in [0.29, 0.717) is 6.54 Å². The zero-order valence-corrected chi connectivity index (χ0v) is 16.7. The predicted molar refractivity (Wildman–Crippen MR) is 107 cm³/mol. The summed E-state index contributed by atoms with van der Waals surface area (Å²) >= 11 is 0. The second-order valence-corrected chi connectivity index (χ2v) is 8.10. The van der Waals surface area contributed by atoms with Crippen molar-refractivity contribution in [2.24, 2.45) is 5.92 Å². The molecule has 1 amide bonds. The molecule has 2 aliphatic rings. The molecule has 1 aromatic rings. The van der Waals surface area contributed by atoms with Crippen molar-refractivity contribution in [3.8, 4) is 5.75 Å². The summed E-state index contributed by atoms with van der Waals surface area (Å²) in [6, 6.07) is 8.21. The smallest absolute Gasteiger partial charge is 0.234 e. The highest BCUT2D eigenvalue weighted by Crippen LogP contribution is 2.49. The van der Waals surface area contributed by atoms with Crippen molar-refractivity contribution in [1.82, 2.24) is 10.2 Å². The molecule has 1 aromatic carbocycles. The second-order valence-electron chi connectivity index (χ2n) is 8.10. The summed E-state index contributed by atoms with van der Waals surface area (Å²) in [6.07, 6.45) is 6.98. The zero-order chi connectivity index (χ0) is 19.3. The van der Waals surface area contributed by atoms with Crippen molar-refractivity contribution < 1.29 is 14.6 Å². The summed E-state index contributed by atoms with van der Waals surface area (Å²) in [5.41, 5.74) is 0.570. The van der Waals surface area contributed by atoms with E-state index in [9.17, 15) is 9.90 Å². The van der Waals surface area contributed by atoms with Gasteiger partial charge in [-0.1, -0.05) is 38.3 Å². The molecule has 3 rings (SSSR count). The molecular weight excluding hydrogens is 340 g/mol. The van der Waals surface area contributed by atoms with Crippen LogP contribution in [0.4, 0.5) is 0 Å². The number of fused-ring (bicyclic) bond motifs is 1. The lowest BCUT2D eigenvalue weighted by Crippen LogP contribution is -2.56. The highest BCUT2D eigenvalue weighted by molar-refractivity contribution is 5.78. The molecule has 1 saturated heterocycles. The first-order valence-electron chi connectivity index (χ1n) is 10.4. The molecule has 3 atom stereocenters. The number of carbonyl (C=O) groups is 1. The highest BCUT2D eigenvalue weighted by Gasteiger charge is 2.49. The first-order valence-corrected chi connectivity index (χ1v) is 10.4. The van der Waals surface area contributed by atoms with Crippen molar-refractivity contribution in [2.75, 3.05) is 26.7 Å². The minimum atomic E-state index is -0.599. The maximum absolute atomic E-state index is 12.5. The molecule has 3 unspecified atom stereocenters. The molecule has 2 fully saturated rings. The Morgan fingerprint density at radius 3 is 2.78 bits per heavy atom. The SMILES string of the molecule is CCCCNC(=O)CN1CCC2(O)CCCCC2C1c1ccc(OC)cc1. The maximum Gasteiger partial charge on any atom is 0.234 e. The number of piperidine rings is 1. The Kier molecular flexibility index (Phi) is 6.77. The molecule has 0 bridgehead atoms. The number of likely N-dealkylation sites (tertiary alicyclic amines) is 1. The molecule has 150 valence electrons. The third-order valence-electron chi connectivity index (χ3n) is 6.33. The Labute approximate surface area is 163 Å². The molecule has 0 radical (unpaired) electrons. The monoisotopic (exact) mass is 374 g/mol. The minimum Gasteiger partial charge on any atom is -0.497 e. The van der Waals surface area contributed by atoms with E-state index in [0.717, 1.165) is 63.8 Å². The Morgan fingerprint density at radius 2 is 2.07 bits per heavy atom. The van der Waals surface area contributed by atoms with Crippen LogP contribution in [-0.2, 0) is 4.79 Å². The lowest BCUT2D eigenvalue weighted by Gasteiger charge is -2.52. The number of amides is 1. The average Bonchev–Trinajstić information content (AvgIpc) is 2.68. The predicted octanol–water partition coefficient (Wildman–Crippen LogP) is 3.28. The molecule has 1 aliphatic heterocycles. The third kappa shape index (κ3) is 4.64. The standard InChI is InChI=1S/C22H34N2O3/c1-3-4-14-23-20(25)16-24-15-13-22(26)12-6-5-7-19(22)21(24)17-8-10-18(27-2)11-9-17/h8-11,19,21,26H,3-7,12-16H2,1-2H3,(H,23,25). The summed E-state index contributed by atoms with van der Waals surface area (Å²) < 4.78 is 5.30. The number of hydrogen-bond donors (Lipinski definition) is 2. The van der Waals surface area contributed by atoms with Crippen LogP contribution in [-0.4, -0.2) is 48.3 Å². The summed E-state index contributed by atoms with van der Waals surface area (Å²) in [4.78, 5) is 14.7. The highest BCUT2D eigenvalue weighted by atomic mass is 16.5. The van der Waals surface area contributed by atoms with Crippen molar-refractivity contribution >= 4 is 5.91 Å². The number of rotatable bonds is 7. The number of ether oxygens (including phenoxy) is 1. The zero-order valence-electron chi connectivity index (χ0n) is 16.7. The quantitative estimate of drug-likeness (QED) is 0.719. The number of aliphatic hydroxyl groups is 1. The Balaban J connectivity index is 1.81. The van der Waals surface area contributed by atoms with Crippen molar-refractivity contribution in [1.29, 1.82) is 0 Å². The van der Waals surface area contributed by atoms with Crippen LogP contribution >= 0.6 is 0 Å². The van der Waals surface area contributed by atoms with Gasteiger partial charge in [-0.3, -0.25) is 9.69 Å². The van der Waals surface area contributed by atoms with Gasteiger partial charge >= 0.3 is 0 Å². The van der Waals surface area contributed by atoms with E-state index >= 15 is 0 Å². The third-order valence-corrected chi connectivity index (χ3v) is 6.33. The van der Waals surface area contributed by atoms with E-state index in [1.165, 1.54) is 5.56 Å². The van der Waals surface area contributed by atoms with E-state index in [1.54, 1.807) is 7.11 Å². The maximum atomic E-state index is 12.5. The van der Waals surface area contributed by atoms with Gasteiger partial charge in [0.2, 0.25) is 5.91 Å². The summed E-state index contributed by atoms with van der Waals surface area (Å²) in [5, 5.41) is 14.3. The molecular formula is C22H34N2O3. The van der Waals surface area contributed by atoms with Crippen LogP contribution in [0.3, 0.4) is 0 Å². The van der Waals surface area contributed by atoms with Crippen LogP contribution in [0.1, 0.15) is 63.5 Å². The van der Waals surface area contributed by atoms with Gasteiger partial charge in [-0.2, -0.15) is 0 Å². The Hall–Kier alpha value is -1.59. The van der Waals surface area contributed by atoms with Gasteiger partial charge in [0, 0.05) is 25.0 Å². The first-order chi connectivity index (χ1) is 13.1. The van der Waals surface area contributed by atoms with Crippen LogP contribution in [0.2, 0.25) is 0 Å². The van der Waals surface area contributed by atoms with E-state index < -0.39 is 5.60 Å². The molecule has 5 nitrogen and oxygen atoms in total. The van der Waals surface area contributed by atoms with Crippen molar-refractivity contribution in [3.05, 3.63) is 29.8 Å². The number of nitrogens with zero attached hydrogens (tertiary/aromatic N) is 1. The van der Waals surface area contributed by atoms with E-state index in [2.05, 4.69) is 29.3 Å². The molecule has 0 aromatic heterocycles. The van der Waals surface area contributed by atoms with Gasteiger partial charge in [-0.05, 0) is 43.4 Å². The van der Waals surface area contributed by atoms with Crippen LogP contribution in [0.25, 0.3) is 0 Å². The lowest BCUT2D eigenvalue weighted by molar-refractivity contribution is -0.137. The molecule has 2 N–H and O–H groups in total. The van der Waals surface area contributed by atoms with Crippen LogP contribution in [0, 0.1) is 5.92 Å². The van der Waals surface area contributed by atoms with Crippen LogP contribution < -0.4 is 10.1 Å². The summed E-state index contributed by atoms with van der Waals surface area (Å²) in [5.74, 6) is 1.09. The fourth-order valence-corrected chi connectivity index (χ4v) is 4.81. The Bertz CT molecular complexity index is 618. The molecule has 1 heterocycles. The first kappa shape index (κ1) is 20.2. The van der Waals surface area contributed by atoms with Gasteiger partial charge in [0.25, 0.3) is 0 Å². The van der Waals surface area contributed by atoms with E-state index in [1.807, 2.05) is 12.1 Å². The lowest BCUT2D eigenvalue weighted by atomic mass is 9.66. The van der Waals surface area contributed by atoms with Gasteiger partial charge < -0.3 is 15.2 Å². The normalized spacial score (nSPS) is 28.4. The molecule has 0 spiro atoms. The van der Waals surface area contributed by atoms with Crippen LogP contribution in [0.5, 0.6) is 5.75 Å². The summed E-state index contributed by atoms with van der Waals surface area (Å²) in [6.45, 7) is 4.02. The number of carbonyl (C=O) groups excluding carboxylic acids is 1. The van der Waals surface area contributed by atoms with Gasteiger partial charge in [0.05, 0.1) is 19.3 Å². The summed E-state index contributed by atoms with van der Waals surface area (Å²) in [7, 11) is 1.67. The number of methoxy groups -OCH3 is 1. The Morgan fingerprint density at radius 1 is 1.30 bits per heavy atom. The van der Waals surface area contributed by atoms with Gasteiger partial charge in [-0.15, -0.1) is 0 Å². The minimum absolute atomic E-state index is 0.0758. The number of benzene rings is 1. The largest absolute Gasteiger partial charge is 0.497 e. The van der Waals surface area contributed by atoms with Crippen LogP contribution in [0.15, 0.2) is 24.3 Å². The average molecular weight is 375 g/mol. The number of hydrogen-bond acceptors (Lipinski definition) is 4. The number of nitrogens with one attached hydrogen (secondary N) is 1. The fourth-order valence-electron chi connectivity index (χ4n) is 4.81. The fraction of sp³-hybridized carbons (Fsp3) is 0.682. The molecule has 1 saturated carbocycles. The topological polar surface area (TPSA) is 61.8 Å². The van der Waals surface area contributed by atoms with Gasteiger partial charge in [0.1, 0.15) is 5.75 Å².